The van der Waals surface area contributed by atoms with Crippen LogP contribution in [0.15, 0.2) is 77.3 Å². The van der Waals surface area contributed by atoms with Gasteiger partial charge in [0.2, 0.25) is 17.5 Å². The number of methoxy groups -OCH3 is 3. The predicted molar refractivity (Wildman–Crippen MR) is 142 cm³/mol. The van der Waals surface area contributed by atoms with Gasteiger partial charge in [0.05, 0.1) is 32.7 Å². The Morgan fingerprint density at radius 2 is 1.49 bits per heavy atom. The van der Waals surface area contributed by atoms with Crippen molar-refractivity contribution in [3.8, 4) is 45.6 Å². The first kappa shape index (κ1) is 23.9. The van der Waals surface area contributed by atoms with Crippen molar-refractivity contribution < 1.29 is 18.6 Å². The highest BCUT2D eigenvalue weighted by Crippen LogP contribution is 2.41. The number of benzene rings is 3. The lowest BCUT2D eigenvalue weighted by Gasteiger charge is -2.12. The molecule has 0 fully saturated rings. The third-order valence-corrected chi connectivity index (χ3v) is 5.85. The molecule has 0 N–H and O–H groups in total. The molecule has 8 heteroatoms. The fraction of sp³-hybridized carbons (Fsp3) is 0.138. The summed E-state index contributed by atoms with van der Waals surface area (Å²) in [6, 6.07) is 21.8. The summed E-state index contributed by atoms with van der Waals surface area (Å²) in [5, 5.41) is 13.3. The smallest absolute Gasteiger partial charge is 0.248 e. The molecule has 2 aromatic heterocycles. The van der Waals surface area contributed by atoms with E-state index >= 15 is 0 Å². The summed E-state index contributed by atoms with van der Waals surface area (Å²) in [5.74, 6) is 2.18. The summed E-state index contributed by atoms with van der Waals surface area (Å²) < 4.78 is 24.1. The van der Waals surface area contributed by atoms with Gasteiger partial charge in [0, 0.05) is 29.0 Å². The number of hydrogen-bond acceptors (Lipinski definition) is 7. The van der Waals surface area contributed by atoms with Crippen LogP contribution in [0.4, 0.5) is 0 Å². The first-order valence-corrected chi connectivity index (χ1v) is 11.6. The van der Waals surface area contributed by atoms with E-state index in [-0.39, 0.29) is 0 Å². The zero-order valence-electron chi connectivity index (χ0n) is 21.0. The maximum atomic E-state index is 5.93. The Bertz CT molecular complexity index is 1510. The van der Waals surface area contributed by atoms with E-state index in [0.29, 0.717) is 34.6 Å². The van der Waals surface area contributed by atoms with Crippen molar-refractivity contribution in [1.29, 1.82) is 0 Å². The second-order valence-corrected chi connectivity index (χ2v) is 8.27. The first-order valence-electron chi connectivity index (χ1n) is 11.6. The van der Waals surface area contributed by atoms with Crippen LogP contribution in [0.1, 0.15) is 17.0 Å². The summed E-state index contributed by atoms with van der Waals surface area (Å²) in [6.45, 7) is 2.06. The molecule has 5 aromatic rings. The molecule has 0 amide bonds. The summed E-state index contributed by atoms with van der Waals surface area (Å²) in [6.07, 6.45) is 5.68. The molecule has 0 spiro atoms. The van der Waals surface area contributed by atoms with Crippen molar-refractivity contribution in [3.63, 3.8) is 0 Å². The average molecular weight is 495 g/mol. The molecule has 0 saturated carbocycles. The van der Waals surface area contributed by atoms with E-state index in [2.05, 4.69) is 41.4 Å². The number of para-hydroxylation sites is 1. The molecule has 0 radical (unpaired) electrons. The average Bonchev–Trinajstić information content (AvgIpc) is 3.59. The van der Waals surface area contributed by atoms with Crippen LogP contribution in [0, 0.1) is 6.92 Å². The minimum absolute atomic E-state index is 0.331. The molecule has 0 aliphatic heterocycles. The van der Waals surface area contributed by atoms with Gasteiger partial charge >= 0.3 is 0 Å². The quantitative estimate of drug-likeness (QED) is 0.258. The second kappa shape index (κ2) is 10.4. The second-order valence-electron chi connectivity index (χ2n) is 8.27. The molecule has 8 nitrogen and oxygen atoms in total. The van der Waals surface area contributed by atoms with Gasteiger partial charge in [-0.3, -0.25) is 0 Å². The van der Waals surface area contributed by atoms with E-state index in [0.717, 1.165) is 22.5 Å². The highest BCUT2D eigenvalue weighted by molar-refractivity contribution is 5.78. The molecular formula is C29H26N4O4. The van der Waals surface area contributed by atoms with Gasteiger partial charge < -0.3 is 18.6 Å². The number of aryl methyl sites for hydroxylation is 1. The first-order chi connectivity index (χ1) is 18.1. The molecule has 2 heterocycles. The van der Waals surface area contributed by atoms with Crippen LogP contribution in [-0.4, -0.2) is 41.3 Å². The molecule has 3 aromatic carbocycles. The minimum Gasteiger partial charge on any atom is -0.493 e. The Labute approximate surface area is 214 Å². The molecule has 5 rings (SSSR count). The van der Waals surface area contributed by atoms with Crippen LogP contribution in [0.2, 0.25) is 0 Å². The fourth-order valence-electron chi connectivity index (χ4n) is 3.94. The molecule has 0 atom stereocenters. The number of rotatable bonds is 8. The third-order valence-electron chi connectivity index (χ3n) is 5.85. The van der Waals surface area contributed by atoms with Gasteiger partial charge in [0.1, 0.15) is 0 Å². The van der Waals surface area contributed by atoms with Crippen LogP contribution < -0.4 is 14.2 Å². The largest absolute Gasteiger partial charge is 0.493 e. The number of hydrogen-bond donors (Lipinski definition) is 0. The lowest BCUT2D eigenvalue weighted by molar-refractivity contribution is 0.324. The van der Waals surface area contributed by atoms with E-state index in [1.165, 1.54) is 5.56 Å². The van der Waals surface area contributed by atoms with Gasteiger partial charge in [-0.2, -0.15) is 5.10 Å². The lowest BCUT2D eigenvalue weighted by Crippen LogP contribution is -1.95. The van der Waals surface area contributed by atoms with Gasteiger partial charge in [-0.1, -0.05) is 48.0 Å². The summed E-state index contributed by atoms with van der Waals surface area (Å²) >= 11 is 0. The van der Waals surface area contributed by atoms with Crippen molar-refractivity contribution in [2.24, 2.45) is 0 Å². The zero-order chi connectivity index (χ0) is 25.8. The molecule has 0 aliphatic rings. The van der Waals surface area contributed by atoms with E-state index in [4.69, 9.17) is 23.7 Å². The summed E-state index contributed by atoms with van der Waals surface area (Å²) in [4.78, 5) is 0. The third kappa shape index (κ3) is 4.95. The van der Waals surface area contributed by atoms with E-state index in [9.17, 15) is 0 Å². The van der Waals surface area contributed by atoms with Crippen molar-refractivity contribution in [2.45, 2.75) is 6.92 Å². The maximum Gasteiger partial charge on any atom is 0.248 e. The van der Waals surface area contributed by atoms with Gasteiger partial charge in [-0.15, -0.1) is 10.2 Å². The van der Waals surface area contributed by atoms with Gasteiger partial charge in [-0.25, -0.2) is 4.68 Å². The normalized spacial score (nSPS) is 11.1. The van der Waals surface area contributed by atoms with Crippen molar-refractivity contribution >= 4 is 12.2 Å². The van der Waals surface area contributed by atoms with Crippen molar-refractivity contribution in [2.75, 3.05) is 21.3 Å². The van der Waals surface area contributed by atoms with Crippen LogP contribution in [0.25, 0.3) is 40.6 Å². The van der Waals surface area contributed by atoms with E-state index < -0.39 is 0 Å². The molecule has 37 heavy (non-hydrogen) atoms. The SMILES string of the molecule is COc1cc(-c2nnc(/C=C/c3cn(-c4ccccc4)nc3-c3ccc(C)cc3)o2)cc(OC)c1OC. The Morgan fingerprint density at radius 3 is 2.14 bits per heavy atom. The van der Waals surface area contributed by atoms with Gasteiger partial charge in [0.15, 0.2) is 11.5 Å². The molecule has 0 saturated heterocycles. The van der Waals surface area contributed by atoms with Crippen LogP contribution >= 0.6 is 0 Å². The maximum absolute atomic E-state index is 5.93. The Morgan fingerprint density at radius 1 is 0.784 bits per heavy atom. The highest BCUT2D eigenvalue weighted by atomic mass is 16.5. The van der Waals surface area contributed by atoms with E-state index in [1.807, 2.05) is 47.3 Å². The Balaban J connectivity index is 1.49. The highest BCUT2D eigenvalue weighted by Gasteiger charge is 2.17. The van der Waals surface area contributed by atoms with E-state index in [1.54, 1.807) is 39.5 Å². The van der Waals surface area contributed by atoms with Gasteiger partial charge in [0.25, 0.3) is 0 Å². The lowest BCUT2D eigenvalue weighted by atomic mass is 10.1. The molecule has 0 bridgehead atoms. The standard InChI is InChI=1S/C29H26N4O4/c1-19-10-12-20(13-11-19)27-21(18-33(32-27)23-8-6-5-7-9-23)14-15-26-30-31-29(37-26)22-16-24(34-2)28(36-4)25(17-22)35-3/h5-18H,1-4H3/b15-14+. The topological polar surface area (TPSA) is 84.4 Å². The number of ether oxygens (including phenoxy) is 3. The molecule has 186 valence electrons. The summed E-state index contributed by atoms with van der Waals surface area (Å²) in [7, 11) is 4.68. The molecule has 0 aliphatic carbocycles. The molecule has 0 unspecified atom stereocenters. The summed E-state index contributed by atoms with van der Waals surface area (Å²) in [5.41, 5.74) is 5.60. The van der Waals surface area contributed by atoms with Crippen LogP contribution in [0.3, 0.4) is 0 Å². The Kier molecular flexibility index (Phi) is 6.72. The zero-order valence-corrected chi connectivity index (χ0v) is 21.0. The van der Waals surface area contributed by atoms with Crippen LogP contribution in [0.5, 0.6) is 17.2 Å². The predicted octanol–water partition coefficient (Wildman–Crippen LogP) is 6.09. The Hall–Kier alpha value is -4.85. The minimum atomic E-state index is 0.331. The molecular weight excluding hydrogens is 468 g/mol. The van der Waals surface area contributed by atoms with Crippen LogP contribution in [-0.2, 0) is 0 Å². The fourth-order valence-corrected chi connectivity index (χ4v) is 3.94. The van der Waals surface area contributed by atoms with Crippen molar-refractivity contribution in [1.82, 2.24) is 20.0 Å². The van der Waals surface area contributed by atoms with Gasteiger partial charge in [-0.05, 0) is 37.3 Å². The monoisotopic (exact) mass is 494 g/mol. The number of aromatic nitrogens is 4. The number of nitrogens with zero attached hydrogens (tertiary/aromatic N) is 4. The van der Waals surface area contributed by atoms with Crippen molar-refractivity contribution in [3.05, 3.63) is 89.9 Å².